The molecule has 0 amide bonds. The van der Waals surface area contributed by atoms with Gasteiger partial charge in [0.25, 0.3) is 0 Å². The molecule has 0 radical (unpaired) electrons. The van der Waals surface area contributed by atoms with Gasteiger partial charge in [-0.15, -0.1) is 0 Å². The predicted molar refractivity (Wildman–Crippen MR) is 57.2 cm³/mol. The van der Waals surface area contributed by atoms with Crippen LogP contribution in [0.1, 0.15) is 24.8 Å². The highest BCUT2D eigenvalue weighted by Gasteiger charge is 2.47. The normalized spacial score (nSPS) is 33.9. The molecule has 1 aromatic rings. The summed E-state index contributed by atoms with van der Waals surface area (Å²) in [6.07, 6.45) is 8.04. The van der Waals surface area contributed by atoms with Gasteiger partial charge in [-0.05, 0) is 49.7 Å². The first-order valence-corrected chi connectivity index (χ1v) is 5.52. The van der Waals surface area contributed by atoms with Crippen LogP contribution in [0.25, 0.3) is 0 Å². The standard InChI is InChI=1S/C12H16N2/c1-8-4-5-13-7-12(8)14-11-3-2-9-6-10(9)11/h4-5,7,9-11,14H,2-3,6H2,1H3/t9-,10+,11?/m1/s1. The Balaban J connectivity index is 1.74. The molecule has 0 spiro atoms. The molecule has 1 aromatic heterocycles. The summed E-state index contributed by atoms with van der Waals surface area (Å²) in [4.78, 5) is 4.16. The highest BCUT2D eigenvalue weighted by atomic mass is 15.0. The fourth-order valence-corrected chi connectivity index (χ4v) is 2.70. The minimum Gasteiger partial charge on any atom is -0.381 e. The van der Waals surface area contributed by atoms with Crippen molar-refractivity contribution in [3.63, 3.8) is 0 Å². The van der Waals surface area contributed by atoms with E-state index in [1.807, 2.05) is 12.4 Å². The van der Waals surface area contributed by atoms with Crippen LogP contribution in [0.5, 0.6) is 0 Å². The number of nitrogens with one attached hydrogen (secondary N) is 1. The average molecular weight is 188 g/mol. The van der Waals surface area contributed by atoms with Gasteiger partial charge in [0, 0.05) is 12.2 Å². The van der Waals surface area contributed by atoms with Gasteiger partial charge in [0.05, 0.1) is 11.9 Å². The van der Waals surface area contributed by atoms with Crippen molar-refractivity contribution < 1.29 is 0 Å². The summed E-state index contributed by atoms with van der Waals surface area (Å²) in [6.45, 7) is 2.14. The molecule has 3 atom stereocenters. The van der Waals surface area contributed by atoms with E-state index in [1.54, 1.807) is 0 Å². The molecule has 0 aromatic carbocycles. The topological polar surface area (TPSA) is 24.9 Å². The molecule has 0 bridgehead atoms. The fourth-order valence-electron chi connectivity index (χ4n) is 2.70. The maximum absolute atomic E-state index is 4.16. The zero-order valence-electron chi connectivity index (χ0n) is 8.53. The number of nitrogens with zero attached hydrogens (tertiary/aromatic N) is 1. The Hall–Kier alpha value is -1.05. The molecule has 0 saturated heterocycles. The predicted octanol–water partition coefficient (Wildman–Crippen LogP) is 2.60. The zero-order chi connectivity index (χ0) is 9.54. The molecule has 2 nitrogen and oxygen atoms in total. The lowest BCUT2D eigenvalue weighted by Crippen LogP contribution is -2.19. The van der Waals surface area contributed by atoms with Crippen LogP contribution in [0, 0.1) is 18.8 Å². The third kappa shape index (κ3) is 1.29. The Morgan fingerprint density at radius 1 is 1.43 bits per heavy atom. The fraction of sp³-hybridized carbons (Fsp3) is 0.583. The molecular formula is C12H16N2. The van der Waals surface area contributed by atoms with Gasteiger partial charge in [-0.1, -0.05) is 0 Å². The lowest BCUT2D eigenvalue weighted by Gasteiger charge is -2.16. The van der Waals surface area contributed by atoms with Crippen LogP contribution in [0.3, 0.4) is 0 Å². The van der Waals surface area contributed by atoms with E-state index in [0.717, 1.165) is 17.9 Å². The third-order valence-electron chi connectivity index (χ3n) is 3.72. The molecule has 2 saturated carbocycles. The molecule has 1 heterocycles. The van der Waals surface area contributed by atoms with Crippen molar-refractivity contribution in [1.29, 1.82) is 0 Å². The first kappa shape index (κ1) is 8.27. The van der Waals surface area contributed by atoms with E-state index in [9.17, 15) is 0 Å². The Bertz CT molecular complexity index is 348. The van der Waals surface area contributed by atoms with Crippen LogP contribution in [0.4, 0.5) is 5.69 Å². The maximum Gasteiger partial charge on any atom is 0.0558 e. The van der Waals surface area contributed by atoms with E-state index >= 15 is 0 Å². The number of hydrogen-bond acceptors (Lipinski definition) is 2. The number of aromatic nitrogens is 1. The van der Waals surface area contributed by atoms with Gasteiger partial charge in [-0.3, -0.25) is 4.98 Å². The SMILES string of the molecule is Cc1ccncc1NC1CC[C@@H]2C[C@H]12. The molecule has 2 aliphatic carbocycles. The van der Waals surface area contributed by atoms with Crippen molar-refractivity contribution in [2.24, 2.45) is 11.8 Å². The van der Waals surface area contributed by atoms with Crippen molar-refractivity contribution in [3.8, 4) is 0 Å². The second-order valence-electron chi connectivity index (χ2n) is 4.68. The Morgan fingerprint density at radius 3 is 3.00 bits per heavy atom. The Kier molecular flexibility index (Phi) is 1.76. The van der Waals surface area contributed by atoms with Crippen molar-refractivity contribution in [3.05, 3.63) is 24.0 Å². The average Bonchev–Trinajstić information content (AvgIpc) is 2.87. The number of fused-ring (bicyclic) bond motifs is 1. The molecule has 1 unspecified atom stereocenters. The molecule has 1 N–H and O–H groups in total. The van der Waals surface area contributed by atoms with Gasteiger partial charge >= 0.3 is 0 Å². The van der Waals surface area contributed by atoms with E-state index in [1.165, 1.54) is 30.5 Å². The third-order valence-corrected chi connectivity index (χ3v) is 3.72. The van der Waals surface area contributed by atoms with E-state index in [4.69, 9.17) is 0 Å². The van der Waals surface area contributed by atoms with Crippen molar-refractivity contribution in [2.45, 2.75) is 32.2 Å². The largest absolute Gasteiger partial charge is 0.381 e. The van der Waals surface area contributed by atoms with Gasteiger partial charge in [-0.2, -0.15) is 0 Å². The van der Waals surface area contributed by atoms with E-state index in [2.05, 4.69) is 23.3 Å². The summed E-state index contributed by atoms with van der Waals surface area (Å²) in [7, 11) is 0. The zero-order valence-corrected chi connectivity index (χ0v) is 8.53. The van der Waals surface area contributed by atoms with Crippen molar-refractivity contribution in [2.75, 3.05) is 5.32 Å². The van der Waals surface area contributed by atoms with Crippen molar-refractivity contribution in [1.82, 2.24) is 4.98 Å². The molecular weight excluding hydrogens is 172 g/mol. The molecule has 0 aliphatic heterocycles. The van der Waals surface area contributed by atoms with Gasteiger partial charge < -0.3 is 5.32 Å². The number of anilines is 1. The summed E-state index contributed by atoms with van der Waals surface area (Å²) in [5, 5.41) is 3.64. The van der Waals surface area contributed by atoms with E-state index in [0.29, 0.717) is 0 Å². The summed E-state index contributed by atoms with van der Waals surface area (Å²) >= 11 is 0. The van der Waals surface area contributed by atoms with Crippen LogP contribution in [-0.4, -0.2) is 11.0 Å². The maximum atomic E-state index is 4.16. The number of hydrogen-bond donors (Lipinski definition) is 1. The van der Waals surface area contributed by atoms with Crippen molar-refractivity contribution >= 4 is 5.69 Å². The second-order valence-corrected chi connectivity index (χ2v) is 4.68. The molecule has 2 fully saturated rings. The lowest BCUT2D eigenvalue weighted by molar-refractivity contribution is 0.653. The summed E-state index contributed by atoms with van der Waals surface area (Å²) in [5.41, 5.74) is 2.54. The second kappa shape index (κ2) is 2.97. The van der Waals surface area contributed by atoms with Crippen LogP contribution in [0.2, 0.25) is 0 Å². The van der Waals surface area contributed by atoms with Gasteiger partial charge in [-0.25, -0.2) is 0 Å². The summed E-state index contributed by atoms with van der Waals surface area (Å²) in [5.74, 6) is 2.01. The first-order chi connectivity index (χ1) is 6.84. The van der Waals surface area contributed by atoms with Crippen LogP contribution < -0.4 is 5.32 Å². The van der Waals surface area contributed by atoms with E-state index in [-0.39, 0.29) is 0 Å². The first-order valence-electron chi connectivity index (χ1n) is 5.52. The Labute approximate surface area is 84.7 Å². The van der Waals surface area contributed by atoms with Gasteiger partial charge in [0.1, 0.15) is 0 Å². The molecule has 74 valence electrons. The van der Waals surface area contributed by atoms with Crippen LogP contribution in [-0.2, 0) is 0 Å². The highest BCUT2D eigenvalue weighted by molar-refractivity contribution is 5.49. The molecule has 3 rings (SSSR count). The highest BCUT2D eigenvalue weighted by Crippen LogP contribution is 2.52. The smallest absolute Gasteiger partial charge is 0.0558 e. The van der Waals surface area contributed by atoms with Gasteiger partial charge in [0.15, 0.2) is 0 Å². The van der Waals surface area contributed by atoms with E-state index < -0.39 is 0 Å². The molecule has 14 heavy (non-hydrogen) atoms. The Morgan fingerprint density at radius 2 is 2.36 bits per heavy atom. The monoisotopic (exact) mass is 188 g/mol. The number of aryl methyl sites for hydroxylation is 1. The van der Waals surface area contributed by atoms with Crippen LogP contribution >= 0.6 is 0 Å². The molecule has 2 aliphatic rings. The van der Waals surface area contributed by atoms with Crippen LogP contribution in [0.15, 0.2) is 18.5 Å². The lowest BCUT2D eigenvalue weighted by atomic mass is 10.1. The minimum atomic E-state index is 0.725. The quantitative estimate of drug-likeness (QED) is 0.771. The summed E-state index contributed by atoms with van der Waals surface area (Å²) < 4.78 is 0. The summed E-state index contributed by atoms with van der Waals surface area (Å²) in [6, 6.07) is 2.80. The molecule has 2 heteroatoms. The van der Waals surface area contributed by atoms with Gasteiger partial charge in [0.2, 0.25) is 0 Å². The number of rotatable bonds is 2. The number of pyridine rings is 1. The minimum absolute atomic E-state index is 0.725.